The zero-order valence-electron chi connectivity index (χ0n) is 12.2. The average Bonchev–Trinajstić information content (AvgIpc) is 3.16. The zero-order valence-corrected chi connectivity index (χ0v) is 12.2. The van der Waals surface area contributed by atoms with Crippen LogP contribution in [0.4, 0.5) is 0 Å². The van der Waals surface area contributed by atoms with E-state index < -0.39 is 0 Å². The van der Waals surface area contributed by atoms with Crippen molar-refractivity contribution in [3.05, 3.63) is 23.8 Å². The first-order chi connectivity index (χ1) is 9.53. The third-order valence-electron chi connectivity index (χ3n) is 3.84. The Hall–Kier alpha value is -1.26. The zero-order chi connectivity index (χ0) is 14.2. The van der Waals surface area contributed by atoms with Crippen LogP contribution in [0.15, 0.2) is 18.2 Å². The number of hydrogen-bond acceptors (Lipinski definition) is 4. The lowest BCUT2D eigenvalue weighted by Crippen LogP contribution is -2.37. The highest BCUT2D eigenvalue weighted by molar-refractivity contribution is 5.44. The van der Waals surface area contributed by atoms with Gasteiger partial charge in [0.1, 0.15) is 17.1 Å². The van der Waals surface area contributed by atoms with Crippen LogP contribution in [0.1, 0.15) is 44.7 Å². The minimum Gasteiger partial charge on any atom is -0.487 e. The lowest BCUT2D eigenvalue weighted by Gasteiger charge is -2.36. The van der Waals surface area contributed by atoms with Crippen molar-refractivity contribution >= 4 is 0 Å². The van der Waals surface area contributed by atoms with Crippen LogP contribution in [0.2, 0.25) is 0 Å². The van der Waals surface area contributed by atoms with Crippen molar-refractivity contribution in [3.8, 4) is 11.5 Å². The maximum Gasteiger partial charge on any atom is 0.189 e. The van der Waals surface area contributed by atoms with E-state index in [0.717, 1.165) is 36.0 Å². The monoisotopic (exact) mass is 277 g/mol. The summed E-state index contributed by atoms with van der Waals surface area (Å²) in [5.41, 5.74) is 7.01. The van der Waals surface area contributed by atoms with Crippen molar-refractivity contribution in [1.29, 1.82) is 0 Å². The number of hydrogen-bond donors (Lipinski definition) is 1. The van der Waals surface area contributed by atoms with E-state index in [1.807, 2.05) is 18.2 Å². The van der Waals surface area contributed by atoms with E-state index in [4.69, 9.17) is 19.9 Å². The number of rotatable bonds is 5. The Morgan fingerprint density at radius 3 is 2.90 bits per heavy atom. The topological polar surface area (TPSA) is 53.7 Å². The highest BCUT2D eigenvalue weighted by Gasteiger charge is 2.32. The third kappa shape index (κ3) is 3.25. The summed E-state index contributed by atoms with van der Waals surface area (Å²) in [4.78, 5) is 0. The normalized spacial score (nSPS) is 23.9. The van der Waals surface area contributed by atoms with Crippen LogP contribution in [-0.4, -0.2) is 19.0 Å². The first-order valence-electron chi connectivity index (χ1n) is 7.32. The molecular weight excluding hydrogens is 254 g/mol. The van der Waals surface area contributed by atoms with Crippen molar-refractivity contribution in [2.75, 3.05) is 13.4 Å². The Bertz CT molecular complexity index is 483. The molecule has 1 aromatic rings. The molecule has 4 nitrogen and oxygen atoms in total. The smallest absolute Gasteiger partial charge is 0.189 e. The van der Waals surface area contributed by atoms with Gasteiger partial charge < -0.3 is 19.9 Å². The molecule has 0 bridgehead atoms. The second-order valence-electron chi connectivity index (χ2n) is 6.45. The lowest BCUT2D eigenvalue weighted by molar-refractivity contribution is 0.00940. The van der Waals surface area contributed by atoms with Crippen molar-refractivity contribution < 1.29 is 14.2 Å². The maximum atomic E-state index is 6.19. The van der Waals surface area contributed by atoms with Gasteiger partial charge in [-0.1, -0.05) is 6.07 Å². The number of benzene rings is 1. The van der Waals surface area contributed by atoms with Crippen LogP contribution in [0.25, 0.3) is 0 Å². The molecule has 2 aliphatic rings. The Labute approximate surface area is 120 Å². The summed E-state index contributed by atoms with van der Waals surface area (Å²) in [5.74, 6) is 2.35. The lowest BCUT2D eigenvalue weighted by atomic mass is 9.90. The average molecular weight is 277 g/mol. The van der Waals surface area contributed by atoms with Crippen molar-refractivity contribution in [1.82, 2.24) is 0 Å². The molecule has 1 aliphatic heterocycles. The molecular formula is C16H23NO3. The van der Waals surface area contributed by atoms with Crippen molar-refractivity contribution in [2.45, 2.75) is 44.8 Å². The van der Waals surface area contributed by atoms with Gasteiger partial charge in [-0.05, 0) is 38.7 Å². The second kappa shape index (κ2) is 5.26. The highest BCUT2D eigenvalue weighted by atomic mass is 16.7. The van der Waals surface area contributed by atoms with Gasteiger partial charge in [0.2, 0.25) is 0 Å². The largest absolute Gasteiger partial charge is 0.487 e. The first kappa shape index (κ1) is 13.7. The van der Waals surface area contributed by atoms with E-state index in [-0.39, 0.29) is 11.6 Å². The predicted molar refractivity (Wildman–Crippen MR) is 76.9 cm³/mol. The summed E-state index contributed by atoms with van der Waals surface area (Å²) in [6, 6.07) is 5.86. The molecule has 1 atom stereocenters. The number of fused-ring (bicyclic) bond motifs is 1. The van der Waals surface area contributed by atoms with E-state index >= 15 is 0 Å². The standard InChI is InChI=1S/C16H23NO3/c1-16(2)8-14(17)13-6-5-12(7-15(13)20-16)19-10-18-9-11-3-4-11/h5-7,11,14H,3-4,8-10,17H2,1-2H3. The molecule has 0 radical (unpaired) electrons. The summed E-state index contributed by atoms with van der Waals surface area (Å²) in [5, 5.41) is 0. The fourth-order valence-electron chi connectivity index (χ4n) is 2.59. The third-order valence-corrected chi connectivity index (χ3v) is 3.84. The maximum absolute atomic E-state index is 6.19. The molecule has 2 N–H and O–H groups in total. The summed E-state index contributed by atoms with van der Waals surface area (Å²) in [6.07, 6.45) is 3.41. The van der Waals surface area contributed by atoms with E-state index in [1.54, 1.807) is 0 Å². The van der Waals surface area contributed by atoms with Crippen molar-refractivity contribution in [3.63, 3.8) is 0 Å². The molecule has 0 saturated heterocycles. The van der Waals surface area contributed by atoms with Crippen LogP contribution in [-0.2, 0) is 4.74 Å². The molecule has 1 aromatic carbocycles. The van der Waals surface area contributed by atoms with Gasteiger partial charge in [0.05, 0.1) is 6.61 Å². The minimum atomic E-state index is -0.229. The molecule has 110 valence electrons. The molecule has 4 heteroatoms. The molecule has 3 rings (SSSR count). The van der Waals surface area contributed by atoms with Gasteiger partial charge in [-0.25, -0.2) is 0 Å². The molecule has 0 amide bonds. The van der Waals surface area contributed by atoms with Gasteiger partial charge in [-0.15, -0.1) is 0 Å². The molecule has 20 heavy (non-hydrogen) atoms. The van der Waals surface area contributed by atoms with E-state index in [1.165, 1.54) is 12.8 Å². The molecule has 1 fully saturated rings. The van der Waals surface area contributed by atoms with E-state index in [2.05, 4.69) is 13.8 Å². The quantitative estimate of drug-likeness (QED) is 0.664. The molecule has 0 aromatic heterocycles. The van der Waals surface area contributed by atoms with Gasteiger partial charge in [0.15, 0.2) is 6.79 Å². The van der Waals surface area contributed by atoms with Crippen LogP contribution in [0, 0.1) is 5.92 Å². The summed E-state index contributed by atoms with van der Waals surface area (Å²) in [6.45, 7) is 5.22. The Morgan fingerprint density at radius 1 is 1.35 bits per heavy atom. The van der Waals surface area contributed by atoms with Crippen LogP contribution in [0.3, 0.4) is 0 Å². The predicted octanol–water partition coefficient (Wildman–Crippen LogP) is 3.01. The first-order valence-corrected chi connectivity index (χ1v) is 7.32. The summed E-state index contributed by atoms with van der Waals surface area (Å²) < 4.78 is 17.1. The molecule has 0 spiro atoms. The Morgan fingerprint density at radius 2 is 2.15 bits per heavy atom. The van der Waals surface area contributed by atoms with Crippen LogP contribution >= 0.6 is 0 Å². The van der Waals surface area contributed by atoms with E-state index in [9.17, 15) is 0 Å². The molecule has 1 saturated carbocycles. The second-order valence-corrected chi connectivity index (χ2v) is 6.45. The summed E-state index contributed by atoms with van der Waals surface area (Å²) >= 11 is 0. The fourth-order valence-corrected chi connectivity index (χ4v) is 2.59. The van der Waals surface area contributed by atoms with Gasteiger partial charge >= 0.3 is 0 Å². The van der Waals surface area contributed by atoms with Gasteiger partial charge in [0, 0.05) is 24.1 Å². The van der Waals surface area contributed by atoms with Gasteiger partial charge in [-0.3, -0.25) is 0 Å². The fraction of sp³-hybridized carbons (Fsp3) is 0.625. The molecule has 1 heterocycles. The van der Waals surface area contributed by atoms with E-state index in [0.29, 0.717) is 6.79 Å². The minimum absolute atomic E-state index is 0.0221. The Balaban J connectivity index is 1.62. The molecule has 1 aliphatic carbocycles. The highest BCUT2D eigenvalue weighted by Crippen LogP contribution is 2.40. The summed E-state index contributed by atoms with van der Waals surface area (Å²) in [7, 11) is 0. The Kier molecular flexibility index (Phi) is 3.61. The number of ether oxygens (including phenoxy) is 3. The number of nitrogens with two attached hydrogens (primary N) is 1. The molecule has 1 unspecified atom stereocenters. The van der Waals surface area contributed by atoms with Gasteiger partial charge in [0.25, 0.3) is 0 Å². The van der Waals surface area contributed by atoms with Gasteiger partial charge in [-0.2, -0.15) is 0 Å². The van der Waals surface area contributed by atoms with Crippen LogP contribution < -0.4 is 15.2 Å². The van der Waals surface area contributed by atoms with Crippen LogP contribution in [0.5, 0.6) is 11.5 Å². The SMILES string of the molecule is CC1(C)CC(N)c2ccc(OCOCC3CC3)cc2O1. The van der Waals surface area contributed by atoms with Crippen molar-refractivity contribution in [2.24, 2.45) is 11.7 Å².